The van der Waals surface area contributed by atoms with Crippen molar-refractivity contribution in [2.75, 3.05) is 11.6 Å². The molecule has 23 heavy (non-hydrogen) atoms. The van der Waals surface area contributed by atoms with Gasteiger partial charge in [0.25, 0.3) is 0 Å². The molecule has 0 radical (unpaired) electrons. The van der Waals surface area contributed by atoms with E-state index in [9.17, 15) is 13.2 Å². The molecule has 1 N–H and O–H groups in total. The third kappa shape index (κ3) is 3.45. The number of aryl methyl sites for hydroxylation is 1. The fraction of sp³-hybridized carbons (Fsp3) is 0.278. The van der Waals surface area contributed by atoms with E-state index in [-0.39, 0.29) is 16.7 Å². The Hall–Kier alpha value is -2.14. The van der Waals surface area contributed by atoms with E-state index in [1.165, 1.54) is 17.7 Å². The Kier molecular flexibility index (Phi) is 4.22. The van der Waals surface area contributed by atoms with Crippen LogP contribution >= 0.6 is 0 Å². The Balaban J connectivity index is 1.84. The Bertz CT molecular complexity index is 843. The number of sulfone groups is 1. The topological polar surface area (TPSA) is 63.2 Å². The number of carbonyl (C=O) groups excluding carboxylic acids is 1. The molecule has 1 aliphatic rings. The van der Waals surface area contributed by atoms with E-state index in [0.29, 0.717) is 5.69 Å². The normalized spacial score (nSPS) is 17.3. The van der Waals surface area contributed by atoms with Gasteiger partial charge < -0.3 is 5.32 Å². The van der Waals surface area contributed by atoms with Crippen LogP contribution in [0.5, 0.6) is 0 Å². The molecular weight excluding hydrogens is 310 g/mol. The lowest BCUT2D eigenvalue weighted by Crippen LogP contribution is -2.24. The summed E-state index contributed by atoms with van der Waals surface area (Å²) in [4.78, 5) is 12.8. The molecule has 0 saturated heterocycles. The molecule has 1 unspecified atom stereocenters. The zero-order valence-corrected chi connectivity index (χ0v) is 13.8. The quantitative estimate of drug-likeness (QED) is 0.941. The summed E-state index contributed by atoms with van der Waals surface area (Å²) < 4.78 is 23.2. The Labute approximate surface area is 136 Å². The number of fused-ring (bicyclic) bond motifs is 1. The Morgan fingerprint density at radius 3 is 2.70 bits per heavy atom. The van der Waals surface area contributed by atoms with Crippen molar-refractivity contribution in [3.05, 3.63) is 59.7 Å². The maximum atomic E-state index is 12.6. The minimum atomic E-state index is -3.29. The predicted molar refractivity (Wildman–Crippen MR) is 90.3 cm³/mol. The van der Waals surface area contributed by atoms with Gasteiger partial charge in [-0.25, -0.2) is 8.42 Å². The highest BCUT2D eigenvalue weighted by Gasteiger charge is 2.26. The lowest BCUT2D eigenvalue weighted by atomic mass is 9.82. The fourth-order valence-electron chi connectivity index (χ4n) is 3.06. The third-order valence-corrected chi connectivity index (χ3v) is 5.33. The van der Waals surface area contributed by atoms with Gasteiger partial charge in [0.2, 0.25) is 5.91 Å². The first kappa shape index (κ1) is 15.7. The van der Waals surface area contributed by atoms with Crippen LogP contribution < -0.4 is 5.32 Å². The van der Waals surface area contributed by atoms with Crippen LogP contribution in [0.15, 0.2) is 53.4 Å². The number of anilines is 1. The van der Waals surface area contributed by atoms with E-state index in [2.05, 4.69) is 11.4 Å². The summed E-state index contributed by atoms with van der Waals surface area (Å²) in [5.74, 6) is -0.260. The van der Waals surface area contributed by atoms with Crippen molar-refractivity contribution >= 4 is 21.4 Å². The van der Waals surface area contributed by atoms with Gasteiger partial charge in [-0.1, -0.05) is 30.3 Å². The summed E-state index contributed by atoms with van der Waals surface area (Å²) in [7, 11) is -3.29. The summed E-state index contributed by atoms with van der Waals surface area (Å²) in [6.07, 6.45) is 3.96. The molecule has 0 aliphatic heterocycles. The smallest absolute Gasteiger partial charge is 0.231 e. The highest BCUT2D eigenvalue weighted by Crippen LogP contribution is 2.32. The van der Waals surface area contributed by atoms with Gasteiger partial charge in [0.05, 0.1) is 10.8 Å². The summed E-state index contributed by atoms with van der Waals surface area (Å²) in [6.45, 7) is 0. The maximum absolute atomic E-state index is 12.6. The van der Waals surface area contributed by atoms with Gasteiger partial charge in [-0.05, 0) is 48.6 Å². The number of hydrogen-bond donors (Lipinski definition) is 1. The minimum Gasteiger partial charge on any atom is -0.326 e. The van der Waals surface area contributed by atoms with E-state index >= 15 is 0 Å². The first-order chi connectivity index (χ1) is 10.9. The molecule has 0 fully saturated rings. The highest BCUT2D eigenvalue weighted by molar-refractivity contribution is 7.90. The van der Waals surface area contributed by atoms with E-state index in [1.807, 2.05) is 18.2 Å². The molecule has 0 aromatic heterocycles. The Morgan fingerprint density at radius 2 is 1.91 bits per heavy atom. The van der Waals surface area contributed by atoms with Crippen LogP contribution in [0.25, 0.3) is 0 Å². The van der Waals surface area contributed by atoms with Gasteiger partial charge in [0.15, 0.2) is 9.84 Å². The highest BCUT2D eigenvalue weighted by atomic mass is 32.2. The fourth-order valence-corrected chi connectivity index (χ4v) is 3.73. The molecular formula is C18H19NO3S. The van der Waals surface area contributed by atoms with Crippen LogP contribution in [-0.2, 0) is 21.1 Å². The van der Waals surface area contributed by atoms with Crippen LogP contribution in [0.1, 0.15) is 29.9 Å². The molecule has 1 aliphatic carbocycles. The van der Waals surface area contributed by atoms with Gasteiger partial charge in [-0.15, -0.1) is 0 Å². The van der Waals surface area contributed by atoms with Crippen molar-refractivity contribution in [2.45, 2.75) is 30.1 Å². The molecule has 0 spiro atoms. The molecule has 2 aromatic carbocycles. The second kappa shape index (κ2) is 6.16. The zero-order chi connectivity index (χ0) is 16.4. The van der Waals surface area contributed by atoms with Crippen LogP contribution in [0.4, 0.5) is 5.69 Å². The van der Waals surface area contributed by atoms with Crippen molar-refractivity contribution in [1.29, 1.82) is 0 Å². The second-order valence-electron chi connectivity index (χ2n) is 5.93. The number of carbonyl (C=O) groups is 1. The van der Waals surface area contributed by atoms with Gasteiger partial charge in [0.1, 0.15) is 0 Å². The number of amides is 1. The van der Waals surface area contributed by atoms with E-state index in [4.69, 9.17) is 0 Å². The van der Waals surface area contributed by atoms with E-state index < -0.39 is 9.84 Å². The van der Waals surface area contributed by atoms with E-state index in [1.54, 1.807) is 12.1 Å². The molecule has 0 bridgehead atoms. The maximum Gasteiger partial charge on any atom is 0.231 e. The number of benzene rings is 2. The molecule has 0 saturated carbocycles. The molecule has 1 atom stereocenters. The monoisotopic (exact) mass is 329 g/mol. The van der Waals surface area contributed by atoms with Crippen LogP contribution in [0.2, 0.25) is 0 Å². The molecule has 1 amide bonds. The second-order valence-corrected chi connectivity index (χ2v) is 7.95. The molecule has 5 heteroatoms. The van der Waals surface area contributed by atoms with Crippen LogP contribution in [0, 0.1) is 0 Å². The zero-order valence-electron chi connectivity index (χ0n) is 13.0. The average molecular weight is 329 g/mol. The summed E-state index contributed by atoms with van der Waals surface area (Å²) in [6, 6.07) is 14.4. The molecule has 3 rings (SSSR count). The summed E-state index contributed by atoms with van der Waals surface area (Å²) >= 11 is 0. The summed E-state index contributed by atoms with van der Waals surface area (Å²) in [5.41, 5.74) is 2.82. The van der Waals surface area contributed by atoms with Crippen molar-refractivity contribution in [3.63, 3.8) is 0 Å². The molecule has 120 valence electrons. The lowest BCUT2D eigenvalue weighted by Gasteiger charge is -2.24. The minimum absolute atomic E-state index is 0.0807. The third-order valence-electron chi connectivity index (χ3n) is 4.22. The number of hydrogen-bond acceptors (Lipinski definition) is 3. The van der Waals surface area contributed by atoms with Gasteiger partial charge in [0, 0.05) is 11.9 Å². The van der Waals surface area contributed by atoms with Crippen LogP contribution in [-0.4, -0.2) is 20.6 Å². The largest absolute Gasteiger partial charge is 0.326 e. The number of rotatable bonds is 3. The average Bonchev–Trinajstić information content (AvgIpc) is 2.53. The molecule has 2 aromatic rings. The molecule has 4 nitrogen and oxygen atoms in total. The van der Waals surface area contributed by atoms with Gasteiger partial charge >= 0.3 is 0 Å². The van der Waals surface area contributed by atoms with Crippen molar-refractivity contribution in [1.82, 2.24) is 0 Å². The van der Waals surface area contributed by atoms with Crippen molar-refractivity contribution in [3.8, 4) is 0 Å². The van der Waals surface area contributed by atoms with Gasteiger partial charge in [-0.3, -0.25) is 4.79 Å². The lowest BCUT2D eigenvalue weighted by molar-refractivity contribution is -0.117. The number of nitrogens with one attached hydrogen (secondary N) is 1. The SMILES string of the molecule is CS(=O)(=O)c1cccc(NC(=O)C2CCCc3ccccc32)c1. The van der Waals surface area contributed by atoms with Crippen LogP contribution in [0.3, 0.4) is 0 Å². The first-order valence-electron chi connectivity index (χ1n) is 7.64. The van der Waals surface area contributed by atoms with Crippen molar-refractivity contribution in [2.24, 2.45) is 0 Å². The van der Waals surface area contributed by atoms with E-state index in [0.717, 1.165) is 31.1 Å². The molecule has 0 heterocycles. The summed E-state index contributed by atoms with van der Waals surface area (Å²) in [5, 5.41) is 2.86. The van der Waals surface area contributed by atoms with Gasteiger partial charge in [-0.2, -0.15) is 0 Å². The predicted octanol–water partition coefficient (Wildman–Crippen LogP) is 3.15. The van der Waals surface area contributed by atoms with Crippen molar-refractivity contribution < 1.29 is 13.2 Å². The first-order valence-corrected chi connectivity index (χ1v) is 9.53. The Morgan fingerprint density at radius 1 is 1.13 bits per heavy atom. The standard InChI is InChI=1S/C18H19NO3S/c1-23(21,22)15-9-5-8-14(12-15)19-18(20)17-11-4-7-13-6-2-3-10-16(13)17/h2-3,5-6,8-10,12,17H,4,7,11H2,1H3,(H,19,20).